The monoisotopic (exact) mass is 268 g/mol. The van der Waals surface area contributed by atoms with Crippen LogP contribution in [0.2, 0.25) is 0 Å². The van der Waals surface area contributed by atoms with E-state index in [4.69, 9.17) is 4.74 Å². The van der Waals surface area contributed by atoms with Crippen LogP contribution in [0.4, 0.5) is 0 Å². The second kappa shape index (κ2) is 4.89. The Morgan fingerprint density at radius 2 is 2.16 bits per heavy atom. The fourth-order valence-electron chi connectivity index (χ4n) is 3.88. The number of rotatable bonds is 5. The van der Waals surface area contributed by atoms with Crippen molar-refractivity contribution < 1.29 is 19.4 Å². The molecule has 2 aliphatic rings. The Morgan fingerprint density at radius 1 is 1.47 bits per heavy atom. The van der Waals surface area contributed by atoms with Crippen LogP contribution in [0, 0.1) is 17.3 Å². The number of hydrogen-bond acceptors (Lipinski definition) is 4. The number of ether oxygens (including phenoxy) is 1. The fraction of sp³-hybridized carbons (Fsp3) is 0.867. The quantitative estimate of drug-likeness (QED) is 0.775. The van der Waals surface area contributed by atoms with E-state index < -0.39 is 5.60 Å². The van der Waals surface area contributed by atoms with Crippen LogP contribution >= 0.6 is 0 Å². The van der Waals surface area contributed by atoms with E-state index >= 15 is 0 Å². The molecular weight excluding hydrogens is 244 g/mol. The van der Waals surface area contributed by atoms with Gasteiger partial charge in [-0.15, -0.1) is 0 Å². The van der Waals surface area contributed by atoms with Gasteiger partial charge in [-0.3, -0.25) is 4.79 Å². The maximum absolute atomic E-state index is 11.4. The van der Waals surface area contributed by atoms with E-state index in [1.807, 2.05) is 0 Å². The zero-order valence-corrected chi connectivity index (χ0v) is 12.1. The minimum absolute atomic E-state index is 0.101. The number of Topliss-reactive ketones (excluding diaryl/α,β-unsaturated/α-hetero) is 1. The third kappa shape index (κ3) is 2.55. The average Bonchev–Trinajstić information content (AvgIpc) is 2.69. The molecule has 2 rings (SSSR count). The molecule has 1 aliphatic carbocycles. The van der Waals surface area contributed by atoms with Gasteiger partial charge in [0.1, 0.15) is 11.4 Å². The molecule has 1 N–H and O–H groups in total. The molecule has 0 aromatic heterocycles. The van der Waals surface area contributed by atoms with Gasteiger partial charge in [0.05, 0.1) is 6.61 Å². The topological polar surface area (TPSA) is 63.6 Å². The number of carbonyl (C=O) groups is 2. The first kappa shape index (κ1) is 14.5. The first-order valence-electron chi connectivity index (χ1n) is 7.13. The number of cyclic esters (lactones) is 1. The minimum atomic E-state index is -0.686. The van der Waals surface area contributed by atoms with Gasteiger partial charge in [0.25, 0.3) is 0 Å². The van der Waals surface area contributed by atoms with E-state index in [9.17, 15) is 14.7 Å². The zero-order valence-electron chi connectivity index (χ0n) is 12.1. The van der Waals surface area contributed by atoms with E-state index in [2.05, 4.69) is 13.8 Å². The van der Waals surface area contributed by atoms with Gasteiger partial charge in [0.2, 0.25) is 0 Å². The van der Waals surface area contributed by atoms with Crippen LogP contribution in [0.15, 0.2) is 0 Å². The van der Waals surface area contributed by atoms with Gasteiger partial charge < -0.3 is 14.6 Å². The molecule has 2 fully saturated rings. The van der Waals surface area contributed by atoms with Crippen molar-refractivity contribution in [2.75, 3.05) is 6.61 Å². The molecule has 108 valence electrons. The molecule has 4 nitrogen and oxygen atoms in total. The van der Waals surface area contributed by atoms with Gasteiger partial charge in [-0.2, -0.15) is 0 Å². The summed E-state index contributed by atoms with van der Waals surface area (Å²) < 4.78 is 5.46. The van der Waals surface area contributed by atoms with Crippen molar-refractivity contribution in [1.82, 2.24) is 0 Å². The molecule has 3 atom stereocenters. The number of aliphatic hydroxyl groups is 1. The lowest BCUT2D eigenvalue weighted by Crippen LogP contribution is -2.57. The van der Waals surface area contributed by atoms with Gasteiger partial charge in [-0.25, -0.2) is 0 Å². The van der Waals surface area contributed by atoms with E-state index in [1.165, 1.54) is 0 Å². The van der Waals surface area contributed by atoms with Gasteiger partial charge in [-0.05, 0) is 31.1 Å². The van der Waals surface area contributed by atoms with Gasteiger partial charge in [-0.1, -0.05) is 13.8 Å². The Balaban J connectivity index is 2.10. The fourth-order valence-corrected chi connectivity index (χ4v) is 3.88. The lowest BCUT2D eigenvalue weighted by atomic mass is 9.49. The second-order valence-corrected chi connectivity index (χ2v) is 6.84. The van der Waals surface area contributed by atoms with Crippen LogP contribution < -0.4 is 0 Å². The molecule has 0 unspecified atom stereocenters. The summed E-state index contributed by atoms with van der Waals surface area (Å²) in [6.07, 6.45) is 3.35. The van der Waals surface area contributed by atoms with Crippen LogP contribution in [-0.4, -0.2) is 29.1 Å². The largest absolute Gasteiger partial charge is 0.456 e. The highest BCUT2D eigenvalue weighted by atomic mass is 16.6. The lowest BCUT2D eigenvalue weighted by Gasteiger charge is -2.57. The number of carbonyl (C=O) groups excluding carboxylic acids is 2. The molecule has 1 aliphatic heterocycles. The summed E-state index contributed by atoms with van der Waals surface area (Å²) in [5.74, 6) is 0.528. The number of aliphatic hydroxyl groups excluding tert-OH is 1. The van der Waals surface area contributed by atoms with Crippen LogP contribution in [0.1, 0.15) is 52.9 Å². The van der Waals surface area contributed by atoms with Crippen molar-refractivity contribution in [2.24, 2.45) is 17.3 Å². The first-order valence-corrected chi connectivity index (χ1v) is 7.13. The Labute approximate surface area is 114 Å². The van der Waals surface area contributed by atoms with Crippen LogP contribution in [0.3, 0.4) is 0 Å². The number of esters is 1. The molecular formula is C15H24O4. The van der Waals surface area contributed by atoms with Crippen molar-refractivity contribution in [1.29, 1.82) is 0 Å². The third-order valence-electron chi connectivity index (χ3n) is 5.06. The molecule has 1 heterocycles. The molecule has 1 saturated carbocycles. The Morgan fingerprint density at radius 3 is 2.58 bits per heavy atom. The molecule has 19 heavy (non-hydrogen) atoms. The molecule has 1 saturated heterocycles. The SMILES string of the molecule is CC(=O)CC[C@@H]1[C@@H]([C@]2(CO)CCC(=O)O2)CC1(C)C. The van der Waals surface area contributed by atoms with Crippen molar-refractivity contribution in [3.63, 3.8) is 0 Å². The van der Waals surface area contributed by atoms with Crippen LogP contribution in [0.25, 0.3) is 0 Å². The van der Waals surface area contributed by atoms with Gasteiger partial charge >= 0.3 is 5.97 Å². The Hall–Kier alpha value is -0.900. The summed E-state index contributed by atoms with van der Waals surface area (Å²) in [5, 5.41) is 9.69. The minimum Gasteiger partial charge on any atom is -0.456 e. The van der Waals surface area contributed by atoms with Crippen molar-refractivity contribution in [3.8, 4) is 0 Å². The van der Waals surface area contributed by atoms with Gasteiger partial charge in [0, 0.05) is 25.2 Å². The Bertz CT molecular complexity index is 388. The lowest BCUT2D eigenvalue weighted by molar-refractivity contribution is -0.186. The Kier molecular flexibility index (Phi) is 3.74. The summed E-state index contributed by atoms with van der Waals surface area (Å²) in [7, 11) is 0. The summed E-state index contributed by atoms with van der Waals surface area (Å²) >= 11 is 0. The third-order valence-corrected chi connectivity index (χ3v) is 5.06. The highest BCUT2D eigenvalue weighted by Crippen LogP contribution is 2.59. The maximum atomic E-state index is 11.4. The molecule has 0 amide bonds. The summed E-state index contributed by atoms with van der Waals surface area (Å²) in [6, 6.07) is 0. The van der Waals surface area contributed by atoms with E-state index in [0.717, 1.165) is 12.8 Å². The maximum Gasteiger partial charge on any atom is 0.306 e. The summed E-state index contributed by atoms with van der Waals surface area (Å²) in [5.41, 5.74) is -0.522. The molecule has 0 spiro atoms. The van der Waals surface area contributed by atoms with Crippen LogP contribution in [-0.2, 0) is 14.3 Å². The van der Waals surface area contributed by atoms with Crippen LogP contribution in [0.5, 0.6) is 0 Å². The first-order chi connectivity index (χ1) is 8.81. The predicted molar refractivity (Wildman–Crippen MR) is 70.4 cm³/mol. The molecule has 0 bridgehead atoms. The second-order valence-electron chi connectivity index (χ2n) is 6.84. The van der Waals surface area contributed by atoms with Gasteiger partial charge in [0.15, 0.2) is 0 Å². The molecule has 0 radical (unpaired) electrons. The highest BCUT2D eigenvalue weighted by Gasteiger charge is 2.59. The average molecular weight is 268 g/mol. The van der Waals surface area contributed by atoms with E-state index in [1.54, 1.807) is 6.92 Å². The zero-order chi connectivity index (χ0) is 14.3. The summed E-state index contributed by atoms with van der Waals surface area (Å²) in [6.45, 7) is 5.89. The smallest absolute Gasteiger partial charge is 0.306 e. The molecule has 4 heteroatoms. The highest BCUT2D eigenvalue weighted by molar-refractivity contribution is 5.75. The standard InChI is InChI=1S/C15H24O4/c1-10(17)4-5-11-12(8-14(11,2)3)15(9-16)7-6-13(18)19-15/h11-12,16H,4-9H2,1-3H3/t11-,12+,15-/m1/s1. The number of hydrogen-bond donors (Lipinski definition) is 1. The predicted octanol–water partition coefficient (Wildman–Crippen LogP) is 2.09. The van der Waals surface area contributed by atoms with Crippen molar-refractivity contribution >= 4 is 11.8 Å². The van der Waals surface area contributed by atoms with Crippen molar-refractivity contribution in [3.05, 3.63) is 0 Å². The normalized spacial score (nSPS) is 36.7. The van der Waals surface area contributed by atoms with E-state index in [-0.39, 0.29) is 29.7 Å². The molecule has 0 aromatic carbocycles. The van der Waals surface area contributed by atoms with E-state index in [0.29, 0.717) is 25.2 Å². The van der Waals surface area contributed by atoms with Crippen molar-refractivity contribution in [2.45, 2.75) is 58.5 Å². The molecule has 0 aromatic rings. The summed E-state index contributed by atoms with van der Waals surface area (Å²) in [4.78, 5) is 22.6. The number of ketones is 1.